The number of rotatable bonds is 4. The maximum absolute atomic E-state index is 13.4. The van der Waals surface area contributed by atoms with Gasteiger partial charge in [-0.3, -0.25) is 0 Å². The fraction of sp³-hybridized carbons (Fsp3) is 0.0455. The Labute approximate surface area is 181 Å². The lowest BCUT2D eigenvalue weighted by atomic mass is 10.0. The van der Waals surface area contributed by atoms with E-state index < -0.39 is 21.9 Å². The second-order valence-electron chi connectivity index (χ2n) is 6.75. The lowest BCUT2D eigenvalue weighted by molar-refractivity contribution is -0.141. The number of nitrogens with zero attached hydrogens (tertiary/aromatic N) is 2. The van der Waals surface area contributed by atoms with E-state index in [0.29, 0.717) is 22.5 Å². The predicted octanol–water partition coefficient (Wildman–Crippen LogP) is 4.45. The topological polar surface area (TPSA) is 91.1 Å². The quantitative estimate of drug-likeness (QED) is 0.459. The molecule has 0 amide bonds. The van der Waals surface area contributed by atoms with Gasteiger partial charge in [0.25, 0.3) is 0 Å². The molecule has 0 spiro atoms. The van der Waals surface area contributed by atoms with Crippen LogP contribution in [0.25, 0.3) is 28.3 Å². The summed E-state index contributed by atoms with van der Waals surface area (Å²) in [5.74, 6) is 3.04. The van der Waals surface area contributed by atoms with Crippen LogP contribution in [0, 0.1) is 12.3 Å². The van der Waals surface area contributed by atoms with E-state index in [9.17, 15) is 21.6 Å². The van der Waals surface area contributed by atoms with Gasteiger partial charge >= 0.3 is 6.18 Å². The van der Waals surface area contributed by atoms with E-state index >= 15 is 0 Å². The zero-order valence-electron chi connectivity index (χ0n) is 16.2. The first-order valence-electron chi connectivity index (χ1n) is 9.03. The summed E-state index contributed by atoms with van der Waals surface area (Å²) in [7, 11) is -3.96. The normalized spacial score (nSPS) is 12.0. The van der Waals surface area contributed by atoms with Gasteiger partial charge in [0.05, 0.1) is 22.5 Å². The highest BCUT2D eigenvalue weighted by Crippen LogP contribution is 2.35. The monoisotopic (exact) mass is 457 g/mol. The molecule has 0 saturated heterocycles. The highest BCUT2D eigenvalue weighted by molar-refractivity contribution is 7.89. The molecule has 0 aliphatic carbocycles. The van der Waals surface area contributed by atoms with E-state index in [0.717, 1.165) is 10.7 Å². The Morgan fingerprint density at radius 2 is 1.78 bits per heavy atom. The van der Waals surface area contributed by atoms with Crippen molar-refractivity contribution in [2.75, 3.05) is 0 Å². The third-order valence-corrected chi connectivity index (χ3v) is 5.60. The van der Waals surface area contributed by atoms with Crippen LogP contribution < -0.4 is 5.14 Å². The van der Waals surface area contributed by atoms with Crippen molar-refractivity contribution in [3.63, 3.8) is 0 Å². The molecule has 0 atom stereocenters. The Morgan fingerprint density at radius 1 is 1.06 bits per heavy atom. The molecule has 6 nitrogen and oxygen atoms in total. The average molecular weight is 457 g/mol. The highest BCUT2D eigenvalue weighted by Gasteiger charge is 2.35. The molecule has 0 bridgehead atoms. The van der Waals surface area contributed by atoms with Gasteiger partial charge in [0.1, 0.15) is 5.76 Å². The van der Waals surface area contributed by atoms with Crippen molar-refractivity contribution in [2.24, 2.45) is 5.14 Å². The molecular weight excluding hydrogens is 443 g/mol. The smallest absolute Gasteiger partial charge is 0.435 e. The van der Waals surface area contributed by atoms with Crippen LogP contribution in [0.5, 0.6) is 0 Å². The van der Waals surface area contributed by atoms with E-state index in [-0.39, 0.29) is 16.3 Å². The summed E-state index contributed by atoms with van der Waals surface area (Å²) in [4.78, 5) is -0.177. The van der Waals surface area contributed by atoms with E-state index in [1.807, 2.05) is 0 Å². The van der Waals surface area contributed by atoms with Crippen molar-refractivity contribution >= 4 is 10.0 Å². The molecule has 32 heavy (non-hydrogen) atoms. The molecule has 2 heterocycles. The number of aromatic nitrogens is 2. The Balaban J connectivity index is 1.88. The average Bonchev–Trinajstić information content (AvgIpc) is 3.43. The van der Waals surface area contributed by atoms with Crippen molar-refractivity contribution in [2.45, 2.75) is 11.1 Å². The molecule has 0 unspecified atom stereocenters. The van der Waals surface area contributed by atoms with Gasteiger partial charge in [-0.1, -0.05) is 12.0 Å². The van der Waals surface area contributed by atoms with Gasteiger partial charge in [0.15, 0.2) is 5.69 Å². The van der Waals surface area contributed by atoms with Gasteiger partial charge in [0.2, 0.25) is 10.0 Å². The maximum Gasteiger partial charge on any atom is 0.435 e. The number of terminal acetylenes is 1. The number of primary sulfonamides is 1. The first-order chi connectivity index (χ1) is 15.1. The zero-order chi connectivity index (χ0) is 23.1. The van der Waals surface area contributed by atoms with Gasteiger partial charge in [-0.25, -0.2) is 18.2 Å². The second-order valence-corrected chi connectivity index (χ2v) is 8.31. The molecule has 4 rings (SSSR count). The lowest BCUT2D eigenvalue weighted by Gasteiger charge is -2.10. The molecule has 0 aliphatic rings. The Morgan fingerprint density at radius 3 is 2.34 bits per heavy atom. The Hall–Kier alpha value is -3.81. The molecule has 0 fully saturated rings. The third kappa shape index (κ3) is 4.03. The minimum atomic E-state index is -4.69. The van der Waals surface area contributed by atoms with Crippen LogP contribution >= 0.6 is 0 Å². The van der Waals surface area contributed by atoms with Gasteiger partial charge in [-0.05, 0) is 54.6 Å². The molecule has 2 N–H and O–H groups in total. The Bertz CT molecular complexity index is 1430. The molecule has 162 valence electrons. The molecule has 0 radical (unpaired) electrons. The summed E-state index contributed by atoms with van der Waals surface area (Å²) in [6, 6.07) is 14.1. The summed E-state index contributed by atoms with van der Waals surface area (Å²) < 4.78 is 69.6. The van der Waals surface area contributed by atoms with Crippen molar-refractivity contribution in [3.8, 4) is 40.6 Å². The lowest BCUT2D eigenvalue weighted by Crippen LogP contribution is -2.12. The highest BCUT2D eigenvalue weighted by atomic mass is 32.2. The molecule has 10 heteroatoms. The van der Waals surface area contributed by atoms with Gasteiger partial charge in [0, 0.05) is 16.7 Å². The number of hydrogen-bond donors (Lipinski definition) is 1. The number of halogens is 3. The SMILES string of the molecule is C#Cc1cc(-c2cc(C(F)(F)F)nn2-c2ccc(S(N)(=O)=O)cc2)ccc1-c1ccco1. The standard InChI is InChI=1S/C22H14F3N3O3S/c1-2-14-12-15(5-10-18(14)20-4-3-11-31-20)19-13-21(22(23,24)25)27-28(19)16-6-8-17(9-7-16)32(26,29)30/h1,3-13H,(H2,26,29,30). The molecule has 2 aromatic carbocycles. The minimum absolute atomic E-state index is 0.114. The van der Waals surface area contributed by atoms with Crippen molar-refractivity contribution < 1.29 is 26.0 Å². The number of furan rings is 1. The Kier molecular flexibility index (Phi) is 5.16. The molecule has 0 aliphatic heterocycles. The van der Waals surface area contributed by atoms with E-state index in [1.54, 1.807) is 30.3 Å². The van der Waals surface area contributed by atoms with Crippen molar-refractivity contribution in [3.05, 3.63) is 78.2 Å². The van der Waals surface area contributed by atoms with Gasteiger partial charge in [-0.15, -0.1) is 6.42 Å². The van der Waals surface area contributed by atoms with Crippen LogP contribution in [0.3, 0.4) is 0 Å². The van der Waals surface area contributed by atoms with Crippen LogP contribution in [0.1, 0.15) is 11.3 Å². The number of nitrogens with two attached hydrogens (primary N) is 1. The van der Waals surface area contributed by atoms with Crippen molar-refractivity contribution in [1.82, 2.24) is 9.78 Å². The predicted molar refractivity (Wildman–Crippen MR) is 111 cm³/mol. The van der Waals surface area contributed by atoms with Gasteiger partial charge < -0.3 is 4.42 Å². The molecule has 0 saturated carbocycles. The van der Waals surface area contributed by atoms with Crippen LogP contribution in [0.15, 0.2) is 76.2 Å². The van der Waals surface area contributed by atoms with E-state index in [1.165, 1.54) is 30.5 Å². The summed E-state index contributed by atoms with van der Waals surface area (Å²) in [5.41, 5.74) is 0.625. The zero-order valence-corrected chi connectivity index (χ0v) is 17.0. The molecular formula is C22H14F3N3O3S. The van der Waals surface area contributed by atoms with E-state index in [2.05, 4.69) is 11.0 Å². The van der Waals surface area contributed by atoms with Crippen LogP contribution in [0.2, 0.25) is 0 Å². The summed E-state index contributed by atoms with van der Waals surface area (Å²) in [6.07, 6.45) is 2.42. The van der Waals surface area contributed by atoms with Crippen molar-refractivity contribution in [1.29, 1.82) is 0 Å². The fourth-order valence-electron chi connectivity index (χ4n) is 3.17. The first-order valence-corrected chi connectivity index (χ1v) is 10.6. The number of hydrogen-bond acceptors (Lipinski definition) is 4. The summed E-state index contributed by atoms with van der Waals surface area (Å²) >= 11 is 0. The first kappa shape index (κ1) is 21.4. The van der Waals surface area contributed by atoms with Crippen LogP contribution in [-0.2, 0) is 16.2 Å². The largest absolute Gasteiger partial charge is 0.464 e. The minimum Gasteiger partial charge on any atom is -0.464 e. The maximum atomic E-state index is 13.4. The molecule has 2 aromatic heterocycles. The van der Waals surface area contributed by atoms with E-state index in [4.69, 9.17) is 16.0 Å². The summed E-state index contributed by atoms with van der Waals surface area (Å²) in [5, 5.41) is 8.78. The summed E-state index contributed by atoms with van der Waals surface area (Å²) in [6.45, 7) is 0. The number of alkyl halides is 3. The van der Waals surface area contributed by atoms with Gasteiger partial charge in [-0.2, -0.15) is 18.3 Å². The van der Waals surface area contributed by atoms with Crippen LogP contribution in [0.4, 0.5) is 13.2 Å². The number of sulfonamides is 1. The second kappa shape index (κ2) is 7.71. The molecule has 4 aromatic rings. The fourth-order valence-corrected chi connectivity index (χ4v) is 3.68. The third-order valence-electron chi connectivity index (χ3n) is 4.67. The van der Waals surface area contributed by atoms with Crippen LogP contribution in [-0.4, -0.2) is 18.2 Å². The number of benzene rings is 2.